The molecule has 2 unspecified atom stereocenters. The maximum Gasteiger partial charge on any atom is 0.226 e. The summed E-state index contributed by atoms with van der Waals surface area (Å²) < 4.78 is 10.6. The first-order chi connectivity index (χ1) is 13.2. The third kappa shape index (κ3) is 6.38. The Hall–Kier alpha value is -1.79. The van der Waals surface area contributed by atoms with Crippen LogP contribution in [0, 0.1) is 5.92 Å². The van der Waals surface area contributed by atoms with Crippen molar-refractivity contribution in [1.82, 2.24) is 10.2 Å². The zero-order valence-corrected chi connectivity index (χ0v) is 18.3. The fourth-order valence-electron chi connectivity index (χ4n) is 3.74. The molecule has 6 heteroatoms. The van der Waals surface area contributed by atoms with Crippen LogP contribution in [0.3, 0.4) is 0 Å². The summed E-state index contributed by atoms with van der Waals surface area (Å²) in [7, 11) is 3.19. The number of carbonyl (C=O) groups excluding carboxylic acids is 1. The van der Waals surface area contributed by atoms with E-state index < -0.39 is 0 Å². The van der Waals surface area contributed by atoms with Crippen LogP contribution in [0.2, 0.25) is 0 Å². The van der Waals surface area contributed by atoms with E-state index in [4.69, 9.17) is 9.47 Å². The van der Waals surface area contributed by atoms with Crippen LogP contribution in [0.15, 0.2) is 18.2 Å². The second kappa shape index (κ2) is 10.1. The molecule has 28 heavy (non-hydrogen) atoms. The SMILES string of the molecule is COc1ccc(OC)c(NC(=O)CC(C)NCC(C)(C)N2CCCC(C)C2)c1. The number of methoxy groups -OCH3 is 2. The summed E-state index contributed by atoms with van der Waals surface area (Å²) in [5.41, 5.74) is 0.705. The molecule has 0 radical (unpaired) electrons. The fourth-order valence-corrected chi connectivity index (χ4v) is 3.74. The molecule has 1 heterocycles. The third-order valence-electron chi connectivity index (χ3n) is 5.57. The lowest BCUT2D eigenvalue weighted by Gasteiger charge is -2.43. The van der Waals surface area contributed by atoms with Crippen LogP contribution in [0.25, 0.3) is 0 Å². The van der Waals surface area contributed by atoms with Gasteiger partial charge in [0, 0.05) is 37.2 Å². The summed E-state index contributed by atoms with van der Waals surface area (Å²) in [4.78, 5) is 15.1. The average Bonchev–Trinajstić information content (AvgIpc) is 2.66. The second-order valence-electron chi connectivity index (χ2n) is 8.61. The smallest absolute Gasteiger partial charge is 0.226 e. The first-order valence-corrected chi connectivity index (χ1v) is 10.3. The summed E-state index contributed by atoms with van der Waals surface area (Å²) in [5.74, 6) is 2.01. The maximum absolute atomic E-state index is 12.5. The lowest BCUT2D eigenvalue weighted by molar-refractivity contribution is -0.116. The van der Waals surface area contributed by atoms with E-state index in [1.54, 1.807) is 26.4 Å². The van der Waals surface area contributed by atoms with E-state index in [-0.39, 0.29) is 17.5 Å². The number of rotatable bonds is 9. The molecule has 6 nitrogen and oxygen atoms in total. The van der Waals surface area contributed by atoms with Gasteiger partial charge in [-0.05, 0) is 58.2 Å². The average molecular weight is 392 g/mol. The van der Waals surface area contributed by atoms with E-state index in [2.05, 4.69) is 43.2 Å². The molecule has 1 aliphatic rings. The van der Waals surface area contributed by atoms with Crippen molar-refractivity contribution in [2.45, 2.75) is 58.5 Å². The minimum atomic E-state index is -0.0454. The number of benzene rings is 1. The highest BCUT2D eigenvalue weighted by Crippen LogP contribution is 2.29. The molecule has 0 spiro atoms. The molecule has 0 bridgehead atoms. The standard InChI is InChI=1S/C22H37N3O3/c1-16-8-7-11-25(14-16)22(3,4)15-23-17(2)12-21(26)24-19-13-18(27-5)9-10-20(19)28-6/h9-10,13,16-17,23H,7-8,11-12,14-15H2,1-6H3,(H,24,26). The topological polar surface area (TPSA) is 62.8 Å². The van der Waals surface area contributed by atoms with Crippen LogP contribution in [0.4, 0.5) is 5.69 Å². The van der Waals surface area contributed by atoms with Gasteiger partial charge in [0.15, 0.2) is 0 Å². The number of likely N-dealkylation sites (tertiary alicyclic amines) is 1. The minimum absolute atomic E-state index is 0.0454. The van der Waals surface area contributed by atoms with Crippen LogP contribution in [-0.2, 0) is 4.79 Å². The quantitative estimate of drug-likeness (QED) is 0.674. The van der Waals surface area contributed by atoms with E-state index in [1.165, 1.54) is 12.8 Å². The zero-order valence-electron chi connectivity index (χ0n) is 18.3. The summed E-state index contributed by atoms with van der Waals surface area (Å²) in [6.45, 7) is 12.1. The largest absolute Gasteiger partial charge is 0.497 e. The molecule has 0 aliphatic carbocycles. The number of piperidine rings is 1. The number of ether oxygens (including phenoxy) is 2. The van der Waals surface area contributed by atoms with Gasteiger partial charge in [0.25, 0.3) is 0 Å². The Morgan fingerprint density at radius 3 is 2.71 bits per heavy atom. The molecule has 1 fully saturated rings. The highest BCUT2D eigenvalue weighted by atomic mass is 16.5. The van der Waals surface area contributed by atoms with E-state index in [0.29, 0.717) is 23.6 Å². The normalized spacial score (nSPS) is 19.1. The van der Waals surface area contributed by atoms with Crippen molar-refractivity contribution in [3.05, 3.63) is 18.2 Å². The summed E-state index contributed by atoms with van der Waals surface area (Å²) in [6.07, 6.45) is 2.99. The molecule has 0 saturated carbocycles. The summed E-state index contributed by atoms with van der Waals surface area (Å²) in [6, 6.07) is 5.45. The van der Waals surface area contributed by atoms with Gasteiger partial charge in [-0.3, -0.25) is 9.69 Å². The van der Waals surface area contributed by atoms with Crippen molar-refractivity contribution < 1.29 is 14.3 Å². The van der Waals surface area contributed by atoms with E-state index in [0.717, 1.165) is 25.6 Å². The highest BCUT2D eigenvalue weighted by molar-refractivity contribution is 5.92. The number of anilines is 1. The van der Waals surface area contributed by atoms with Gasteiger partial charge in [-0.2, -0.15) is 0 Å². The van der Waals surface area contributed by atoms with Crippen LogP contribution in [0.5, 0.6) is 11.5 Å². The van der Waals surface area contributed by atoms with Gasteiger partial charge in [0.2, 0.25) is 5.91 Å². The van der Waals surface area contributed by atoms with Crippen LogP contribution >= 0.6 is 0 Å². The predicted molar refractivity (Wildman–Crippen MR) is 114 cm³/mol. The molecule has 158 valence electrons. The predicted octanol–water partition coefficient (Wildman–Crippen LogP) is 3.52. The number of nitrogens with one attached hydrogen (secondary N) is 2. The Bertz CT molecular complexity index is 648. The molecule has 1 saturated heterocycles. The Kier molecular flexibility index (Phi) is 8.13. The van der Waals surface area contributed by atoms with Crippen molar-refractivity contribution in [3.63, 3.8) is 0 Å². The Balaban J connectivity index is 1.85. The van der Waals surface area contributed by atoms with Crippen LogP contribution < -0.4 is 20.1 Å². The van der Waals surface area contributed by atoms with Gasteiger partial charge in [0.1, 0.15) is 11.5 Å². The van der Waals surface area contributed by atoms with Crippen molar-refractivity contribution >= 4 is 11.6 Å². The molecule has 2 N–H and O–H groups in total. The van der Waals surface area contributed by atoms with Gasteiger partial charge in [-0.25, -0.2) is 0 Å². The van der Waals surface area contributed by atoms with Crippen LogP contribution in [-0.4, -0.2) is 56.2 Å². The monoisotopic (exact) mass is 391 g/mol. The Morgan fingerprint density at radius 2 is 2.07 bits per heavy atom. The number of hydrogen-bond donors (Lipinski definition) is 2. The first-order valence-electron chi connectivity index (χ1n) is 10.3. The van der Waals surface area contributed by atoms with Crippen LogP contribution in [0.1, 0.15) is 47.0 Å². The molecular formula is C22H37N3O3. The molecular weight excluding hydrogens is 354 g/mol. The number of nitrogens with zero attached hydrogens (tertiary/aromatic N) is 1. The molecule has 1 amide bonds. The van der Waals surface area contributed by atoms with Crippen molar-refractivity contribution in [2.75, 3.05) is 39.2 Å². The maximum atomic E-state index is 12.5. The second-order valence-corrected chi connectivity index (χ2v) is 8.61. The number of amides is 1. The third-order valence-corrected chi connectivity index (χ3v) is 5.57. The summed E-state index contributed by atoms with van der Waals surface area (Å²) in [5, 5.41) is 6.48. The molecule has 1 aliphatic heterocycles. The summed E-state index contributed by atoms with van der Waals surface area (Å²) >= 11 is 0. The Labute approximate surface area is 170 Å². The zero-order chi connectivity index (χ0) is 20.7. The number of hydrogen-bond acceptors (Lipinski definition) is 5. The lowest BCUT2D eigenvalue weighted by Crippen LogP contribution is -2.55. The van der Waals surface area contributed by atoms with E-state index in [9.17, 15) is 4.79 Å². The molecule has 1 aromatic carbocycles. The molecule has 1 aromatic rings. The van der Waals surface area contributed by atoms with Crippen molar-refractivity contribution in [3.8, 4) is 11.5 Å². The van der Waals surface area contributed by atoms with Gasteiger partial charge in [-0.15, -0.1) is 0 Å². The Morgan fingerprint density at radius 1 is 1.32 bits per heavy atom. The fraction of sp³-hybridized carbons (Fsp3) is 0.682. The minimum Gasteiger partial charge on any atom is -0.497 e. The van der Waals surface area contributed by atoms with E-state index in [1.807, 2.05) is 6.07 Å². The van der Waals surface area contributed by atoms with Gasteiger partial charge in [0.05, 0.1) is 19.9 Å². The first kappa shape index (κ1) is 22.5. The molecule has 0 aromatic heterocycles. The highest BCUT2D eigenvalue weighted by Gasteiger charge is 2.30. The lowest BCUT2D eigenvalue weighted by atomic mass is 9.93. The van der Waals surface area contributed by atoms with Gasteiger partial charge in [-0.1, -0.05) is 6.92 Å². The van der Waals surface area contributed by atoms with Crippen molar-refractivity contribution in [2.24, 2.45) is 5.92 Å². The number of carbonyl (C=O) groups is 1. The van der Waals surface area contributed by atoms with E-state index >= 15 is 0 Å². The van der Waals surface area contributed by atoms with Gasteiger partial charge >= 0.3 is 0 Å². The molecule has 2 atom stereocenters. The molecule has 2 rings (SSSR count). The van der Waals surface area contributed by atoms with Crippen molar-refractivity contribution in [1.29, 1.82) is 0 Å². The van der Waals surface area contributed by atoms with Gasteiger partial charge < -0.3 is 20.1 Å².